The molecule has 0 unspecified atom stereocenters. The first-order valence-corrected chi connectivity index (χ1v) is 12.3. The summed E-state index contributed by atoms with van der Waals surface area (Å²) in [6.45, 7) is 2.84. The highest BCUT2D eigenvalue weighted by Gasteiger charge is 2.28. The van der Waals surface area contributed by atoms with Crippen molar-refractivity contribution >= 4 is 21.6 Å². The number of carbonyl (C=O) groups is 1. The molecule has 0 aliphatic carbocycles. The molecule has 0 saturated heterocycles. The molecule has 1 heterocycles. The van der Waals surface area contributed by atoms with Crippen LogP contribution in [0.3, 0.4) is 0 Å². The number of ether oxygens (including phenoxy) is 3. The Morgan fingerprint density at radius 3 is 2.50 bits per heavy atom. The van der Waals surface area contributed by atoms with E-state index in [2.05, 4.69) is 5.32 Å². The average Bonchev–Trinajstić information content (AvgIpc) is 2.85. The van der Waals surface area contributed by atoms with Crippen molar-refractivity contribution in [3.8, 4) is 17.2 Å². The van der Waals surface area contributed by atoms with Crippen molar-refractivity contribution in [3.63, 3.8) is 0 Å². The van der Waals surface area contributed by atoms with Gasteiger partial charge in [0.2, 0.25) is 5.91 Å². The number of nitrogens with zero attached hydrogens (tertiary/aromatic N) is 1. The van der Waals surface area contributed by atoms with Crippen LogP contribution in [0, 0.1) is 6.92 Å². The summed E-state index contributed by atoms with van der Waals surface area (Å²) in [7, 11) is -4.01. The van der Waals surface area contributed by atoms with Crippen molar-refractivity contribution < 1.29 is 27.4 Å². The van der Waals surface area contributed by atoms with E-state index in [9.17, 15) is 13.2 Å². The van der Waals surface area contributed by atoms with E-state index in [4.69, 9.17) is 14.2 Å². The van der Waals surface area contributed by atoms with Gasteiger partial charge in [0.15, 0.2) is 11.5 Å². The second-order valence-corrected chi connectivity index (χ2v) is 9.53. The fourth-order valence-electron chi connectivity index (χ4n) is 3.47. The van der Waals surface area contributed by atoms with Gasteiger partial charge in [0.1, 0.15) is 32.1 Å². The highest BCUT2D eigenvalue weighted by molar-refractivity contribution is 7.92. The molecule has 3 aromatic rings. The lowest BCUT2D eigenvalue weighted by molar-refractivity contribution is -0.119. The van der Waals surface area contributed by atoms with Crippen LogP contribution >= 0.6 is 0 Å². The lowest BCUT2D eigenvalue weighted by Crippen LogP contribution is -2.42. The highest BCUT2D eigenvalue weighted by Crippen LogP contribution is 2.35. The number of hydrogen-bond acceptors (Lipinski definition) is 6. The predicted molar refractivity (Wildman–Crippen MR) is 128 cm³/mol. The third-order valence-electron chi connectivity index (χ3n) is 5.11. The minimum Gasteiger partial charge on any atom is -0.492 e. The molecule has 0 aromatic heterocycles. The maximum atomic E-state index is 13.4. The Labute approximate surface area is 199 Å². The van der Waals surface area contributed by atoms with Crippen LogP contribution < -0.4 is 23.8 Å². The number of carbonyl (C=O) groups excluding carboxylic acids is 1. The molecule has 178 valence electrons. The Hall–Kier alpha value is -3.72. The average molecular weight is 483 g/mol. The molecule has 0 spiro atoms. The van der Waals surface area contributed by atoms with Crippen LogP contribution in [0.5, 0.6) is 17.2 Å². The highest BCUT2D eigenvalue weighted by atomic mass is 32.2. The molecule has 0 atom stereocenters. The Bertz CT molecular complexity index is 1250. The molecule has 1 amide bonds. The normalized spacial score (nSPS) is 12.6. The Kier molecular flexibility index (Phi) is 7.22. The molecule has 3 aromatic carbocycles. The topological polar surface area (TPSA) is 94.2 Å². The lowest BCUT2D eigenvalue weighted by Gasteiger charge is -2.26. The SMILES string of the molecule is Cc1cccc(OCCNC(=O)CN(c2ccc3c(c2)OCCO3)S(=O)(=O)c2ccccc2)c1. The first-order valence-electron chi connectivity index (χ1n) is 10.9. The smallest absolute Gasteiger partial charge is 0.264 e. The van der Waals surface area contributed by atoms with Crippen LogP contribution in [0.25, 0.3) is 0 Å². The van der Waals surface area contributed by atoms with Gasteiger partial charge < -0.3 is 19.5 Å². The van der Waals surface area contributed by atoms with Crippen LogP contribution in [-0.2, 0) is 14.8 Å². The second-order valence-electron chi connectivity index (χ2n) is 7.67. The number of fused-ring (bicyclic) bond motifs is 1. The van der Waals surface area contributed by atoms with Gasteiger partial charge in [-0.3, -0.25) is 9.10 Å². The number of nitrogens with one attached hydrogen (secondary N) is 1. The molecule has 0 fully saturated rings. The first kappa shape index (κ1) is 23.4. The van der Waals surface area contributed by atoms with Crippen molar-refractivity contribution in [2.45, 2.75) is 11.8 Å². The van der Waals surface area contributed by atoms with Gasteiger partial charge >= 0.3 is 0 Å². The molecule has 4 rings (SSSR count). The Morgan fingerprint density at radius 2 is 1.74 bits per heavy atom. The molecule has 0 saturated carbocycles. The van der Waals surface area contributed by atoms with Crippen molar-refractivity contribution in [2.24, 2.45) is 0 Å². The second kappa shape index (κ2) is 10.5. The van der Waals surface area contributed by atoms with E-state index in [1.54, 1.807) is 36.4 Å². The van der Waals surface area contributed by atoms with Crippen molar-refractivity contribution in [2.75, 3.05) is 37.2 Å². The van der Waals surface area contributed by atoms with Gasteiger partial charge in [0.05, 0.1) is 17.1 Å². The first-order chi connectivity index (χ1) is 16.4. The third kappa shape index (κ3) is 5.60. The molecule has 8 nitrogen and oxygen atoms in total. The molecule has 0 radical (unpaired) electrons. The summed E-state index contributed by atoms with van der Waals surface area (Å²) in [6, 6.07) is 20.4. The van der Waals surface area contributed by atoms with Gasteiger partial charge in [-0.15, -0.1) is 0 Å². The monoisotopic (exact) mass is 482 g/mol. The lowest BCUT2D eigenvalue weighted by atomic mass is 10.2. The third-order valence-corrected chi connectivity index (χ3v) is 6.90. The molecule has 1 aliphatic rings. The largest absolute Gasteiger partial charge is 0.492 e. The molecular weight excluding hydrogens is 456 g/mol. The quantitative estimate of drug-likeness (QED) is 0.471. The van der Waals surface area contributed by atoms with E-state index in [1.807, 2.05) is 31.2 Å². The number of rotatable bonds is 9. The van der Waals surface area contributed by atoms with Crippen molar-refractivity contribution in [1.29, 1.82) is 0 Å². The zero-order valence-electron chi connectivity index (χ0n) is 18.8. The molecule has 34 heavy (non-hydrogen) atoms. The van der Waals surface area contributed by atoms with Gasteiger partial charge in [-0.25, -0.2) is 8.42 Å². The van der Waals surface area contributed by atoms with Gasteiger partial charge in [0.25, 0.3) is 10.0 Å². The predicted octanol–water partition coefficient (Wildman–Crippen LogP) is 3.16. The van der Waals surface area contributed by atoms with E-state index in [1.165, 1.54) is 12.1 Å². The van der Waals surface area contributed by atoms with Crippen molar-refractivity contribution in [3.05, 3.63) is 78.4 Å². The minimum absolute atomic E-state index is 0.0838. The molecular formula is C25H26N2O6S. The summed E-state index contributed by atoms with van der Waals surface area (Å²) >= 11 is 0. The number of anilines is 1. The maximum Gasteiger partial charge on any atom is 0.264 e. The van der Waals surface area contributed by atoms with Crippen molar-refractivity contribution in [1.82, 2.24) is 5.32 Å². The zero-order valence-corrected chi connectivity index (χ0v) is 19.6. The summed E-state index contributed by atoms with van der Waals surface area (Å²) in [5.74, 6) is 1.22. The molecule has 1 N–H and O–H groups in total. The van der Waals surface area contributed by atoms with Crippen LogP contribution in [0.15, 0.2) is 77.7 Å². The van der Waals surface area contributed by atoms with E-state index >= 15 is 0 Å². The zero-order chi connectivity index (χ0) is 24.0. The van der Waals surface area contributed by atoms with Crippen LogP contribution in [0.1, 0.15) is 5.56 Å². The Balaban J connectivity index is 1.48. The number of aryl methyl sites for hydroxylation is 1. The standard InChI is InChI=1S/C25H26N2O6S/c1-19-6-5-7-21(16-19)31-13-12-26-25(28)18-27(34(29,30)22-8-3-2-4-9-22)20-10-11-23-24(17-20)33-15-14-32-23/h2-11,16-17H,12-15,18H2,1H3,(H,26,28). The summed E-state index contributed by atoms with van der Waals surface area (Å²) in [6.07, 6.45) is 0. The van der Waals surface area contributed by atoms with Crippen LogP contribution in [0.2, 0.25) is 0 Å². The number of sulfonamides is 1. The van der Waals surface area contributed by atoms with E-state index in [-0.39, 0.29) is 18.0 Å². The fraction of sp³-hybridized carbons (Fsp3) is 0.240. The van der Waals surface area contributed by atoms with E-state index < -0.39 is 22.5 Å². The fourth-order valence-corrected chi connectivity index (χ4v) is 4.91. The Morgan fingerprint density at radius 1 is 0.971 bits per heavy atom. The van der Waals surface area contributed by atoms with Gasteiger partial charge in [-0.05, 0) is 48.9 Å². The summed E-state index contributed by atoms with van der Waals surface area (Å²) in [5, 5.41) is 2.73. The summed E-state index contributed by atoms with van der Waals surface area (Å²) in [5.41, 5.74) is 1.38. The van der Waals surface area contributed by atoms with Gasteiger partial charge in [-0.1, -0.05) is 30.3 Å². The van der Waals surface area contributed by atoms with E-state index in [0.717, 1.165) is 9.87 Å². The number of hydrogen-bond donors (Lipinski definition) is 1. The number of benzene rings is 3. The summed E-state index contributed by atoms with van der Waals surface area (Å²) in [4.78, 5) is 12.8. The van der Waals surface area contributed by atoms with E-state index in [0.29, 0.717) is 36.1 Å². The summed E-state index contributed by atoms with van der Waals surface area (Å²) < 4.78 is 44.7. The molecule has 1 aliphatic heterocycles. The van der Waals surface area contributed by atoms with Crippen LogP contribution in [-0.4, -0.2) is 47.2 Å². The van der Waals surface area contributed by atoms with Crippen LogP contribution in [0.4, 0.5) is 5.69 Å². The number of amides is 1. The maximum absolute atomic E-state index is 13.4. The van der Waals surface area contributed by atoms with Gasteiger partial charge in [-0.2, -0.15) is 0 Å². The minimum atomic E-state index is -4.01. The van der Waals surface area contributed by atoms with Gasteiger partial charge in [0, 0.05) is 6.07 Å². The molecule has 9 heteroatoms. The molecule has 0 bridgehead atoms.